The zero-order valence-corrected chi connectivity index (χ0v) is 14.2. The molecule has 0 fully saturated rings. The first kappa shape index (κ1) is 16.0. The minimum atomic E-state index is -0.987. The van der Waals surface area contributed by atoms with E-state index >= 15 is 0 Å². The number of halogens is 1. The Kier molecular flexibility index (Phi) is 5.06. The molecule has 0 saturated heterocycles. The fourth-order valence-electron chi connectivity index (χ4n) is 2.50. The van der Waals surface area contributed by atoms with E-state index in [0.29, 0.717) is 6.42 Å². The van der Waals surface area contributed by atoms with Crippen molar-refractivity contribution in [1.82, 2.24) is 9.78 Å². The number of aliphatic hydroxyl groups is 1. The number of hydrogen-bond donors (Lipinski definition) is 1. The number of rotatable bonds is 6. The van der Waals surface area contributed by atoms with Crippen molar-refractivity contribution in [2.45, 2.75) is 38.8 Å². The molecule has 0 amide bonds. The lowest BCUT2D eigenvalue weighted by atomic mass is 9.93. The summed E-state index contributed by atoms with van der Waals surface area (Å²) >= 11 is 3.50. The molecule has 2 rings (SSSR count). The second-order valence-electron chi connectivity index (χ2n) is 5.36. The molecule has 0 spiro atoms. The fraction of sp³-hybridized carbons (Fsp3) is 0.438. The lowest BCUT2D eigenvalue weighted by Crippen LogP contribution is -2.28. The number of aromatic nitrogens is 2. The molecule has 0 aliphatic heterocycles. The third kappa shape index (κ3) is 3.66. The number of hydrogen-bond acceptors (Lipinski definition) is 3. The average molecular weight is 353 g/mol. The Labute approximate surface area is 133 Å². The molecule has 0 radical (unpaired) electrons. The number of aryl methyl sites for hydroxylation is 1. The predicted octanol–water partition coefficient (Wildman–Crippen LogP) is 3.51. The second-order valence-corrected chi connectivity index (χ2v) is 6.22. The molecule has 0 bridgehead atoms. The fourth-order valence-corrected chi connectivity index (χ4v) is 3.23. The Morgan fingerprint density at radius 1 is 1.33 bits per heavy atom. The van der Waals surface area contributed by atoms with Gasteiger partial charge in [-0.1, -0.05) is 19.1 Å². The lowest BCUT2D eigenvalue weighted by molar-refractivity contribution is 0.0469. The van der Waals surface area contributed by atoms with Gasteiger partial charge >= 0.3 is 0 Å². The van der Waals surface area contributed by atoms with E-state index in [2.05, 4.69) is 28.0 Å². The Balaban J connectivity index is 2.26. The van der Waals surface area contributed by atoms with Crippen molar-refractivity contribution in [2.75, 3.05) is 7.11 Å². The van der Waals surface area contributed by atoms with Crippen molar-refractivity contribution >= 4 is 15.9 Å². The quantitative estimate of drug-likeness (QED) is 0.865. The maximum atomic E-state index is 10.9. The van der Waals surface area contributed by atoms with E-state index in [0.717, 1.165) is 34.4 Å². The van der Waals surface area contributed by atoms with Crippen LogP contribution in [-0.2, 0) is 18.6 Å². The third-order valence-corrected chi connectivity index (χ3v) is 4.03. The Morgan fingerprint density at radius 2 is 2.00 bits per heavy atom. The van der Waals surface area contributed by atoms with Crippen molar-refractivity contribution in [1.29, 1.82) is 0 Å². The minimum Gasteiger partial charge on any atom is -0.497 e. The van der Waals surface area contributed by atoms with Gasteiger partial charge in [-0.2, -0.15) is 5.10 Å². The summed E-state index contributed by atoms with van der Waals surface area (Å²) in [6.45, 7) is 4.71. The van der Waals surface area contributed by atoms with Crippen LogP contribution < -0.4 is 4.74 Å². The van der Waals surface area contributed by atoms with Crippen molar-refractivity contribution in [2.24, 2.45) is 0 Å². The Morgan fingerprint density at radius 3 is 2.57 bits per heavy atom. The van der Waals surface area contributed by atoms with E-state index in [-0.39, 0.29) is 0 Å². The van der Waals surface area contributed by atoms with Gasteiger partial charge in [-0.3, -0.25) is 4.68 Å². The van der Waals surface area contributed by atoms with Crippen LogP contribution in [0.2, 0.25) is 0 Å². The van der Waals surface area contributed by atoms with Crippen molar-refractivity contribution in [3.63, 3.8) is 0 Å². The molecule has 21 heavy (non-hydrogen) atoms. The predicted molar refractivity (Wildman–Crippen MR) is 86.5 cm³/mol. The first-order valence-electron chi connectivity index (χ1n) is 7.05. The highest BCUT2D eigenvalue weighted by Crippen LogP contribution is 2.31. The van der Waals surface area contributed by atoms with Crippen LogP contribution >= 0.6 is 15.9 Å². The summed E-state index contributed by atoms with van der Waals surface area (Å²) in [6, 6.07) is 7.76. The second kappa shape index (κ2) is 6.62. The van der Waals surface area contributed by atoms with Gasteiger partial charge in [0.05, 0.1) is 23.5 Å². The number of ether oxygens (including phenoxy) is 1. The van der Waals surface area contributed by atoms with Crippen molar-refractivity contribution < 1.29 is 9.84 Å². The molecule has 1 heterocycles. The van der Waals surface area contributed by atoms with Crippen molar-refractivity contribution in [3.05, 3.63) is 46.2 Å². The van der Waals surface area contributed by atoms with Crippen LogP contribution in [0.3, 0.4) is 0 Å². The zero-order valence-electron chi connectivity index (χ0n) is 12.6. The molecule has 114 valence electrons. The zero-order chi connectivity index (χ0) is 15.5. The van der Waals surface area contributed by atoms with Gasteiger partial charge in [-0.15, -0.1) is 0 Å². The summed E-state index contributed by atoms with van der Waals surface area (Å²) in [6.07, 6.45) is 3.23. The highest BCUT2D eigenvalue weighted by Gasteiger charge is 2.30. The van der Waals surface area contributed by atoms with E-state index in [4.69, 9.17) is 4.74 Å². The van der Waals surface area contributed by atoms with Gasteiger partial charge in [0, 0.05) is 13.0 Å². The third-order valence-electron chi connectivity index (χ3n) is 3.45. The first-order chi connectivity index (χ1) is 9.97. The monoisotopic (exact) mass is 352 g/mol. The molecular formula is C16H21BrN2O2. The summed E-state index contributed by atoms with van der Waals surface area (Å²) in [5, 5.41) is 15.3. The van der Waals surface area contributed by atoms with Gasteiger partial charge in [-0.05, 0) is 47.0 Å². The maximum Gasteiger partial charge on any atom is 0.118 e. The van der Waals surface area contributed by atoms with Gasteiger partial charge < -0.3 is 9.84 Å². The summed E-state index contributed by atoms with van der Waals surface area (Å²) in [4.78, 5) is 0. The van der Waals surface area contributed by atoms with Gasteiger partial charge in [0.1, 0.15) is 11.4 Å². The molecule has 1 aromatic carbocycles. The molecule has 1 aromatic heterocycles. The highest BCUT2D eigenvalue weighted by atomic mass is 79.9. The molecule has 0 saturated carbocycles. The SMILES string of the molecule is CCCn1ncc(Br)c1C(C)(O)Cc1ccc(OC)cc1. The highest BCUT2D eigenvalue weighted by molar-refractivity contribution is 9.10. The Hall–Kier alpha value is -1.33. The van der Waals surface area contributed by atoms with Crippen LogP contribution in [-0.4, -0.2) is 22.0 Å². The van der Waals surface area contributed by atoms with Crippen LogP contribution in [0.4, 0.5) is 0 Å². The van der Waals surface area contributed by atoms with E-state index in [1.54, 1.807) is 13.3 Å². The van der Waals surface area contributed by atoms with Gasteiger partial charge in [0.15, 0.2) is 0 Å². The summed E-state index contributed by atoms with van der Waals surface area (Å²) in [5.74, 6) is 0.815. The standard InChI is InChI=1S/C16H21BrN2O2/c1-4-9-19-15(14(17)11-18-19)16(2,20)10-12-5-7-13(21-3)8-6-12/h5-8,11,20H,4,9-10H2,1-3H3. The summed E-state index contributed by atoms with van der Waals surface area (Å²) in [7, 11) is 1.64. The van der Waals surface area contributed by atoms with E-state index in [9.17, 15) is 5.11 Å². The van der Waals surface area contributed by atoms with Gasteiger partial charge in [0.2, 0.25) is 0 Å². The van der Waals surface area contributed by atoms with E-state index in [1.807, 2.05) is 35.9 Å². The molecule has 1 atom stereocenters. The van der Waals surface area contributed by atoms with E-state index < -0.39 is 5.60 Å². The van der Waals surface area contributed by atoms with Gasteiger partial charge in [0.25, 0.3) is 0 Å². The van der Waals surface area contributed by atoms with E-state index in [1.165, 1.54) is 0 Å². The van der Waals surface area contributed by atoms with Gasteiger partial charge in [-0.25, -0.2) is 0 Å². The largest absolute Gasteiger partial charge is 0.497 e. The van der Waals surface area contributed by atoms with Crippen molar-refractivity contribution in [3.8, 4) is 5.75 Å². The molecule has 2 aromatic rings. The molecule has 1 unspecified atom stereocenters. The van der Waals surface area contributed by atoms with Crippen LogP contribution in [0.5, 0.6) is 5.75 Å². The average Bonchev–Trinajstić information content (AvgIpc) is 2.81. The smallest absolute Gasteiger partial charge is 0.118 e. The molecule has 5 heteroatoms. The minimum absolute atomic E-state index is 0.519. The molecule has 0 aliphatic rings. The summed E-state index contributed by atoms with van der Waals surface area (Å²) in [5.41, 5.74) is 0.885. The molecule has 0 aliphatic carbocycles. The summed E-state index contributed by atoms with van der Waals surface area (Å²) < 4.78 is 7.87. The normalized spacial score (nSPS) is 14.0. The lowest BCUT2D eigenvalue weighted by Gasteiger charge is -2.25. The van der Waals surface area contributed by atoms with Crippen LogP contribution in [0, 0.1) is 0 Å². The number of methoxy groups -OCH3 is 1. The topological polar surface area (TPSA) is 47.3 Å². The number of nitrogens with zero attached hydrogens (tertiary/aromatic N) is 2. The maximum absolute atomic E-state index is 10.9. The van der Waals surface area contributed by atoms with Crippen LogP contribution in [0.15, 0.2) is 34.9 Å². The van der Waals surface area contributed by atoms with Crippen LogP contribution in [0.25, 0.3) is 0 Å². The molecule has 1 N–H and O–H groups in total. The molecule has 4 nitrogen and oxygen atoms in total. The first-order valence-corrected chi connectivity index (χ1v) is 7.84. The Bertz CT molecular complexity index is 591. The van der Waals surface area contributed by atoms with Crippen LogP contribution in [0.1, 0.15) is 31.5 Å². The molecular weight excluding hydrogens is 332 g/mol. The number of benzene rings is 1.